The van der Waals surface area contributed by atoms with Crippen LogP contribution in [0.5, 0.6) is 11.5 Å². The summed E-state index contributed by atoms with van der Waals surface area (Å²) in [5.74, 6) is 2.20. The van der Waals surface area contributed by atoms with Crippen LogP contribution < -0.4 is 15.0 Å². The molecule has 2 aromatic carbocycles. The van der Waals surface area contributed by atoms with Crippen LogP contribution in [0.2, 0.25) is 0 Å². The van der Waals surface area contributed by atoms with Crippen molar-refractivity contribution in [2.75, 3.05) is 20.8 Å². The molecule has 4 aromatic rings. The molecule has 0 bridgehead atoms. The van der Waals surface area contributed by atoms with Gasteiger partial charge in [0.25, 0.3) is 5.56 Å². The van der Waals surface area contributed by atoms with Crippen molar-refractivity contribution in [3.8, 4) is 11.5 Å². The van der Waals surface area contributed by atoms with Crippen molar-refractivity contribution in [2.24, 2.45) is 0 Å². The number of methoxy groups -OCH3 is 2. The number of hydrogen-bond donors (Lipinski definition) is 1. The predicted molar refractivity (Wildman–Crippen MR) is 134 cm³/mol. The monoisotopic (exact) mass is 473 g/mol. The van der Waals surface area contributed by atoms with Crippen LogP contribution in [0.4, 0.5) is 0 Å². The van der Waals surface area contributed by atoms with E-state index in [4.69, 9.17) is 14.5 Å². The molecular formula is C27H27N3O3S. The van der Waals surface area contributed by atoms with E-state index in [0.29, 0.717) is 6.54 Å². The third-order valence-corrected chi connectivity index (χ3v) is 8.25. The van der Waals surface area contributed by atoms with Gasteiger partial charge in [0.15, 0.2) is 11.5 Å². The lowest BCUT2D eigenvalue weighted by Gasteiger charge is -2.37. The van der Waals surface area contributed by atoms with Crippen molar-refractivity contribution in [1.29, 1.82) is 0 Å². The molecule has 1 aliphatic heterocycles. The normalized spacial score (nSPS) is 17.5. The molecule has 174 valence electrons. The van der Waals surface area contributed by atoms with Gasteiger partial charge in [-0.25, -0.2) is 4.98 Å². The Morgan fingerprint density at radius 3 is 2.68 bits per heavy atom. The molecule has 7 heteroatoms. The van der Waals surface area contributed by atoms with E-state index in [1.807, 2.05) is 6.07 Å². The van der Waals surface area contributed by atoms with Crippen LogP contribution in [0.25, 0.3) is 10.2 Å². The number of aromatic nitrogens is 2. The van der Waals surface area contributed by atoms with Gasteiger partial charge in [0, 0.05) is 11.4 Å². The molecule has 0 saturated heterocycles. The van der Waals surface area contributed by atoms with Crippen molar-refractivity contribution in [3.63, 3.8) is 0 Å². The van der Waals surface area contributed by atoms with Gasteiger partial charge in [-0.05, 0) is 60.1 Å². The third-order valence-electron chi connectivity index (χ3n) is 7.07. The van der Waals surface area contributed by atoms with E-state index in [2.05, 4.69) is 46.3 Å². The van der Waals surface area contributed by atoms with E-state index in [1.54, 1.807) is 25.6 Å². The molecule has 6 rings (SSSR count). The van der Waals surface area contributed by atoms with Gasteiger partial charge in [-0.15, -0.1) is 11.3 Å². The molecule has 0 spiro atoms. The molecule has 2 aliphatic rings. The number of aryl methyl sites for hydroxylation is 2. The molecule has 0 amide bonds. The lowest BCUT2D eigenvalue weighted by atomic mass is 9.87. The average Bonchev–Trinajstić information content (AvgIpc) is 3.44. The summed E-state index contributed by atoms with van der Waals surface area (Å²) in [6, 6.07) is 14.7. The third kappa shape index (κ3) is 3.51. The first-order valence-corrected chi connectivity index (χ1v) is 12.5. The Bertz CT molecular complexity index is 1430. The Kier molecular flexibility index (Phi) is 5.38. The van der Waals surface area contributed by atoms with E-state index in [1.165, 1.54) is 27.1 Å². The fourth-order valence-electron chi connectivity index (χ4n) is 5.51. The maximum absolute atomic E-state index is 13.0. The molecule has 0 saturated carbocycles. The molecule has 1 aliphatic carbocycles. The molecule has 1 atom stereocenters. The van der Waals surface area contributed by atoms with E-state index in [0.717, 1.165) is 59.8 Å². The number of rotatable bonds is 5. The van der Waals surface area contributed by atoms with Crippen molar-refractivity contribution in [1.82, 2.24) is 14.9 Å². The van der Waals surface area contributed by atoms with Crippen molar-refractivity contribution < 1.29 is 9.47 Å². The maximum Gasteiger partial charge on any atom is 0.259 e. The summed E-state index contributed by atoms with van der Waals surface area (Å²) in [6.07, 6.45) is 4.08. The van der Waals surface area contributed by atoms with Gasteiger partial charge < -0.3 is 14.5 Å². The summed E-state index contributed by atoms with van der Waals surface area (Å²) in [5.41, 5.74) is 4.88. The average molecular weight is 474 g/mol. The van der Waals surface area contributed by atoms with E-state index < -0.39 is 0 Å². The second-order valence-corrected chi connectivity index (χ2v) is 10.1. The summed E-state index contributed by atoms with van der Waals surface area (Å²) in [5, 5.41) is 0.807. The lowest BCUT2D eigenvalue weighted by molar-refractivity contribution is 0.198. The summed E-state index contributed by atoms with van der Waals surface area (Å²) in [7, 11) is 3.34. The van der Waals surface area contributed by atoms with Gasteiger partial charge in [0.2, 0.25) is 0 Å². The number of benzene rings is 2. The van der Waals surface area contributed by atoms with E-state index >= 15 is 0 Å². The van der Waals surface area contributed by atoms with Crippen LogP contribution in [0.1, 0.15) is 45.4 Å². The fourth-order valence-corrected chi connectivity index (χ4v) is 6.79. The fraction of sp³-hybridized carbons (Fsp3) is 0.333. The Morgan fingerprint density at radius 2 is 1.88 bits per heavy atom. The van der Waals surface area contributed by atoms with Gasteiger partial charge >= 0.3 is 0 Å². The van der Waals surface area contributed by atoms with Crippen molar-refractivity contribution in [3.05, 3.63) is 85.8 Å². The summed E-state index contributed by atoms with van der Waals surface area (Å²) < 4.78 is 11.2. The summed E-state index contributed by atoms with van der Waals surface area (Å²) >= 11 is 1.69. The van der Waals surface area contributed by atoms with Crippen molar-refractivity contribution in [2.45, 2.75) is 38.3 Å². The van der Waals surface area contributed by atoms with Gasteiger partial charge in [-0.1, -0.05) is 30.3 Å². The lowest BCUT2D eigenvalue weighted by Crippen LogP contribution is -2.36. The standard InChI is InChI=1S/C27H27N3O3S/c1-32-20-13-17-11-12-30(25(16-7-4-3-5-8-16)19(17)14-21(20)33-2)15-23-28-26(31)24-18-9-6-10-22(18)34-27(24)29-23/h3-5,7-8,13-14,25H,6,9-12,15H2,1-2H3,(H,28,29,31). The molecular weight excluding hydrogens is 446 g/mol. The number of ether oxygens (including phenoxy) is 2. The van der Waals surface area contributed by atoms with Crippen molar-refractivity contribution >= 4 is 21.6 Å². The molecule has 2 aromatic heterocycles. The first-order valence-electron chi connectivity index (χ1n) is 11.7. The number of H-pyrrole nitrogens is 1. The second kappa shape index (κ2) is 8.56. The summed E-state index contributed by atoms with van der Waals surface area (Å²) in [4.78, 5) is 25.7. The highest BCUT2D eigenvalue weighted by Crippen LogP contribution is 2.41. The quantitative estimate of drug-likeness (QED) is 0.458. The zero-order valence-corrected chi connectivity index (χ0v) is 20.2. The van der Waals surface area contributed by atoms with Gasteiger partial charge in [0.05, 0.1) is 32.2 Å². The minimum absolute atomic E-state index is 0.000485. The van der Waals surface area contributed by atoms with Crippen LogP contribution in [0.15, 0.2) is 47.3 Å². The zero-order chi connectivity index (χ0) is 23.2. The van der Waals surface area contributed by atoms with E-state index in [9.17, 15) is 4.79 Å². The maximum atomic E-state index is 13.0. The Labute approximate surface area is 202 Å². The number of nitrogens with zero attached hydrogens (tertiary/aromatic N) is 2. The zero-order valence-electron chi connectivity index (χ0n) is 19.4. The first-order chi connectivity index (χ1) is 16.7. The number of nitrogens with one attached hydrogen (secondary N) is 1. The molecule has 3 heterocycles. The molecule has 6 nitrogen and oxygen atoms in total. The van der Waals surface area contributed by atoms with Crippen LogP contribution in [0.3, 0.4) is 0 Å². The first kappa shape index (κ1) is 21.4. The predicted octanol–water partition coefficient (Wildman–Crippen LogP) is 4.64. The SMILES string of the molecule is COc1cc2c(cc1OC)C(c1ccccc1)N(Cc1nc3sc4c(c3c(=O)[nH]1)CCC4)CC2. The van der Waals surface area contributed by atoms with Gasteiger partial charge in [-0.2, -0.15) is 0 Å². The number of thiophene rings is 1. The van der Waals surface area contributed by atoms with E-state index in [-0.39, 0.29) is 11.6 Å². The van der Waals surface area contributed by atoms with Crippen LogP contribution in [0, 0.1) is 0 Å². The van der Waals surface area contributed by atoms with Crippen LogP contribution in [-0.2, 0) is 25.8 Å². The molecule has 0 fully saturated rings. The molecule has 1 N–H and O–H groups in total. The molecule has 0 radical (unpaired) electrons. The minimum atomic E-state index is -0.000485. The Balaban J connectivity index is 1.42. The highest BCUT2D eigenvalue weighted by Gasteiger charge is 2.31. The minimum Gasteiger partial charge on any atom is -0.493 e. The van der Waals surface area contributed by atoms with Crippen LogP contribution >= 0.6 is 11.3 Å². The highest BCUT2D eigenvalue weighted by molar-refractivity contribution is 7.18. The Morgan fingerprint density at radius 1 is 1.09 bits per heavy atom. The van der Waals surface area contributed by atoms with Gasteiger partial charge in [-0.3, -0.25) is 9.69 Å². The number of aromatic amines is 1. The van der Waals surface area contributed by atoms with Gasteiger partial charge in [0.1, 0.15) is 10.7 Å². The number of fused-ring (bicyclic) bond motifs is 4. The topological polar surface area (TPSA) is 67.5 Å². The summed E-state index contributed by atoms with van der Waals surface area (Å²) in [6.45, 7) is 1.42. The molecule has 1 unspecified atom stereocenters. The van der Waals surface area contributed by atoms with Crippen LogP contribution in [-0.4, -0.2) is 35.6 Å². The molecule has 34 heavy (non-hydrogen) atoms. The number of hydrogen-bond acceptors (Lipinski definition) is 6. The smallest absolute Gasteiger partial charge is 0.259 e. The highest BCUT2D eigenvalue weighted by atomic mass is 32.1. The Hall–Kier alpha value is -3.16. The largest absolute Gasteiger partial charge is 0.493 e. The second-order valence-electron chi connectivity index (χ2n) is 8.99.